The number of carbonyl (C=O) groups is 2. The van der Waals surface area contributed by atoms with Gasteiger partial charge in [-0.3, -0.25) is 4.79 Å². The highest BCUT2D eigenvalue weighted by Crippen LogP contribution is 2.08. The minimum absolute atomic E-state index is 0.167. The van der Waals surface area contributed by atoms with Gasteiger partial charge in [0.2, 0.25) is 6.29 Å². The Morgan fingerprint density at radius 2 is 1.40 bits per heavy atom. The summed E-state index contributed by atoms with van der Waals surface area (Å²) >= 11 is 0. The number of hydrogen-bond acceptors (Lipinski definition) is 2. The van der Waals surface area contributed by atoms with Crippen LogP contribution in [-0.4, -0.2) is 18.2 Å². The Bertz CT molecular complexity index is 113. The summed E-state index contributed by atoms with van der Waals surface area (Å²) < 4.78 is 31.2. The second kappa shape index (κ2) is 4.96. The van der Waals surface area contributed by atoms with E-state index in [0.29, 0.717) is 0 Å². The highest BCUT2D eigenvalue weighted by Gasteiger charge is 2.24. The maximum atomic E-state index is 10.4. The molecule has 0 N–H and O–H groups in total. The van der Waals surface area contributed by atoms with Crippen LogP contribution in [0.2, 0.25) is 0 Å². The second-order valence-corrected chi connectivity index (χ2v) is 1.57. The minimum atomic E-state index is -4.64. The van der Waals surface area contributed by atoms with Crippen LogP contribution in [0.25, 0.3) is 0 Å². The van der Waals surface area contributed by atoms with Crippen molar-refractivity contribution >= 4 is 12.1 Å². The SMILES string of the molecule is CC(C)=O.O=CC(F)(F)F. The molecule has 5 heteroatoms. The van der Waals surface area contributed by atoms with Crippen molar-refractivity contribution in [1.82, 2.24) is 0 Å². The molecule has 0 aromatic rings. The predicted molar refractivity (Wildman–Crippen MR) is 28.5 cm³/mol. The molecule has 0 saturated heterocycles. The van der Waals surface area contributed by atoms with Crippen molar-refractivity contribution < 1.29 is 22.8 Å². The lowest BCUT2D eigenvalue weighted by Crippen LogP contribution is -2.07. The number of rotatable bonds is 0. The Kier molecular flexibility index (Phi) is 5.89. The summed E-state index contributed by atoms with van der Waals surface area (Å²) in [6, 6.07) is 0. The monoisotopic (exact) mass is 156 g/mol. The summed E-state index contributed by atoms with van der Waals surface area (Å²) in [7, 11) is 0. The Labute approximate surface area is 56.0 Å². The van der Waals surface area contributed by atoms with E-state index in [2.05, 4.69) is 0 Å². The standard InChI is InChI=1S/C3H6O.C2HF3O/c1-3(2)4;3-2(4,5)1-6/h1-2H3;1H. The normalized spacial score (nSPS) is 9.30. The number of aldehydes is 1. The van der Waals surface area contributed by atoms with E-state index in [4.69, 9.17) is 4.79 Å². The van der Waals surface area contributed by atoms with E-state index in [1.54, 1.807) is 0 Å². The molecule has 0 bridgehead atoms. The van der Waals surface area contributed by atoms with Crippen molar-refractivity contribution in [2.45, 2.75) is 20.0 Å². The molecule has 0 fully saturated rings. The molecule has 0 heterocycles. The van der Waals surface area contributed by atoms with E-state index >= 15 is 0 Å². The fourth-order valence-corrected chi connectivity index (χ4v) is 0. The average molecular weight is 156 g/mol. The highest BCUT2D eigenvalue weighted by molar-refractivity contribution is 5.72. The van der Waals surface area contributed by atoms with Crippen LogP contribution in [-0.2, 0) is 9.59 Å². The summed E-state index contributed by atoms with van der Waals surface area (Å²) in [5.41, 5.74) is 0. The molecule has 0 atom stereocenters. The quantitative estimate of drug-likeness (QED) is 0.496. The van der Waals surface area contributed by atoms with Crippen LogP contribution in [0.1, 0.15) is 13.8 Å². The van der Waals surface area contributed by atoms with E-state index in [1.165, 1.54) is 13.8 Å². The average Bonchev–Trinajstić information content (AvgIpc) is 1.63. The van der Waals surface area contributed by atoms with Crippen LogP contribution in [0, 0.1) is 0 Å². The van der Waals surface area contributed by atoms with E-state index in [1.807, 2.05) is 0 Å². The van der Waals surface area contributed by atoms with Crippen molar-refractivity contribution in [1.29, 1.82) is 0 Å². The van der Waals surface area contributed by atoms with E-state index in [0.717, 1.165) is 0 Å². The lowest BCUT2D eigenvalue weighted by Gasteiger charge is -1.87. The first-order valence-electron chi connectivity index (χ1n) is 2.30. The van der Waals surface area contributed by atoms with Crippen molar-refractivity contribution in [3.05, 3.63) is 0 Å². The Morgan fingerprint density at radius 1 is 1.30 bits per heavy atom. The molecule has 0 radical (unpaired) electrons. The maximum Gasteiger partial charge on any atom is 0.446 e. The molecule has 2 nitrogen and oxygen atoms in total. The Morgan fingerprint density at radius 3 is 1.40 bits per heavy atom. The minimum Gasteiger partial charge on any atom is -0.300 e. The third-order valence-electron chi connectivity index (χ3n) is 0.134. The first-order valence-corrected chi connectivity index (χ1v) is 2.30. The molecule has 0 rings (SSSR count). The lowest BCUT2D eigenvalue weighted by molar-refractivity contribution is -0.156. The largest absolute Gasteiger partial charge is 0.446 e. The van der Waals surface area contributed by atoms with Crippen molar-refractivity contribution in [2.24, 2.45) is 0 Å². The second-order valence-electron chi connectivity index (χ2n) is 1.57. The topological polar surface area (TPSA) is 34.1 Å². The molecule has 0 unspecified atom stereocenters. The fraction of sp³-hybridized carbons (Fsp3) is 0.600. The summed E-state index contributed by atoms with van der Waals surface area (Å²) in [6.07, 6.45) is -5.70. The van der Waals surface area contributed by atoms with Gasteiger partial charge >= 0.3 is 6.18 Å². The van der Waals surface area contributed by atoms with Gasteiger partial charge in [0.05, 0.1) is 0 Å². The van der Waals surface area contributed by atoms with Crippen LogP contribution in [0.15, 0.2) is 0 Å². The molecule has 60 valence electrons. The van der Waals surface area contributed by atoms with Gasteiger partial charge in [-0.25, -0.2) is 0 Å². The zero-order chi connectivity index (χ0) is 8.78. The van der Waals surface area contributed by atoms with Gasteiger partial charge in [-0.05, 0) is 13.8 Å². The first-order chi connectivity index (χ1) is 4.29. The van der Waals surface area contributed by atoms with Crippen LogP contribution in [0.4, 0.5) is 13.2 Å². The number of halogens is 3. The summed E-state index contributed by atoms with van der Waals surface area (Å²) in [6.45, 7) is 3.06. The van der Waals surface area contributed by atoms with E-state index < -0.39 is 12.5 Å². The first kappa shape index (κ1) is 11.9. The van der Waals surface area contributed by atoms with Gasteiger partial charge in [0.15, 0.2) is 0 Å². The zero-order valence-electron chi connectivity index (χ0n) is 5.53. The van der Waals surface area contributed by atoms with Gasteiger partial charge in [-0.1, -0.05) is 0 Å². The van der Waals surface area contributed by atoms with Gasteiger partial charge in [-0.2, -0.15) is 13.2 Å². The molecule has 10 heavy (non-hydrogen) atoms. The molecular formula is C5H7F3O2. The Balaban J connectivity index is 0. The van der Waals surface area contributed by atoms with Crippen LogP contribution in [0.5, 0.6) is 0 Å². The Hall–Kier alpha value is -0.870. The molecule has 0 saturated carbocycles. The van der Waals surface area contributed by atoms with Crippen molar-refractivity contribution in [3.8, 4) is 0 Å². The summed E-state index contributed by atoms with van der Waals surface area (Å²) in [5, 5.41) is 0. The molecule has 0 aromatic heterocycles. The van der Waals surface area contributed by atoms with Gasteiger partial charge in [-0.15, -0.1) is 0 Å². The van der Waals surface area contributed by atoms with Gasteiger partial charge in [0.25, 0.3) is 0 Å². The zero-order valence-corrected chi connectivity index (χ0v) is 5.53. The molecule has 0 aliphatic rings. The number of Topliss-reactive ketones (excluding diaryl/α,β-unsaturated/α-hetero) is 1. The number of hydrogen-bond donors (Lipinski definition) is 0. The third-order valence-corrected chi connectivity index (χ3v) is 0.134. The molecule has 0 aliphatic carbocycles. The molecule has 0 spiro atoms. The van der Waals surface area contributed by atoms with Crippen LogP contribution < -0.4 is 0 Å². The molecular weight excluding hydrogens is 149 g/mol. The van der Waals surface area contributed by atoms with Crippen LogP contribution >= 0.6 is 0 Å². The number of carbonyl (C=O) groups excluding carboxylic acids is 2. The molecule has 0 aliphatic heterocycles. The molecule has 0 amide bonds. The smallest absolute Gasteiger partial charge is 0.300 e. The fourth-order valence-electron chi connectivity index (χ4n) is 0. The predicted octanol–water partition coefficient (Wildman–Crippen LogP) is 1.34. The third kappa shape index (κ3) is 59.1. The lowest BCUT2D eigenvalue weighted by atomic mass is 10.6. The van der Waals surface area contributed by atoms with Crippen molar-refractivity contribution in [2.75, 3.05) is 0 Å². The number of ketones is 1. The highest BCUT2D eigenvalue weighted by atomic mass is 19.4. The summed E-state index contributed by atoms with van der Waals surface area (Å²) in [4.78, 5) is 18.1. The number of alkyl halides is 3. The van der Waals surface area contributed by atoms with E-state index in [9.17, 15) is 18.0 Å². The van der Waals surface area contributed by atoms with Gasteiger partial charge < -0.3 is 4.79 Å². The summed E-state index contributed by atoms with van der Waals surface area (Å²) in [5.74, 6) is 0.167. The van der Waals surface area contributed by atoms with Crippen molar-refractivity contribution in [3.63, 3.8) is 0 Å². The molecule has 0 aromatic carbocycles. The van der Waals surface area contributed by atoms with Crippen LogP contribution in [0.3, 0.4) is 0 Å². The van der Waals surface area contributed by atoms with E-state index in [-0.39, 0.29) is 5.78 Å². The van der Waals surface area contributed by atoms with Gasteiger partial charge in [0.1, 0.15) is 5.78 Å². The maximum absolute atomic E-state index is 10.4. The van der Waals surface area contributed by atoms with Gasteiger partial charge in [0, 0.05) is 0 Å².